The van der Waals surface area contributed by atoms with Gasteiger partial charge in [-0.25, -0.2) is 0 Å². The zero-order valence-corrected chi connectivity index (χ0v) is 16.6. The topological polar surface area (TPSA) is 0 Å². The van der Waals surface area contributed by atoms with Crippen molar-refractivity contribution in [3.05, 3.63) is 0 Å². The third kappa shape index (κ3) is 18.4. The Morgan fingerprint density at radius 3 is 1.14 bits per heavy atom. The predicted octanol–water partition coefficient (Wildman–Crippen LogP) is 8.42. The molecule has 1 atom stereocenters. The first-order chi connectivity index (χ1) is 10.3. The maximum Gasteiger partial charge on any atom is 0.0145 e. The fraction of sp³-hybridized carbons (Fsp3) is 1.00. The van der Waals surface area contributed by atoms with E-state index in [-0.39, 0.29) is 0 Å². The fourth-order valence-electron chi connectivity index (χ4n) is 2.97. The number of halogens is 1. The van der Waals surface area contributed by atoms with Gasteiger partial charge in [-0.3, -0.25) is 0 Å². The van der Waals surface area contributed by atoms with Gasteiger partial charge in [0, 0.05) is 4.83 Å². The van der Waals surface area contributed by atoms with E-state index in [1.54, 1.807) is 0 Å². The van der Waals surface area contributed by atoms with Crippen LogP contribution in [-0.2, 0) is 0 Å². The Morgan fingerprint density at radius 2 is 0.762 bits per heavy atom. The van der Waals surface area contributed by atoms with Crippen LogP contribution in [0.25, 0.3) is 0 Å². The second-order valence-corrected chi connectivity index (χ2v) is 8.07. The van der Waals surface area contributed by atoms with Crippen LogP contribution in [0.2, 0.25) is 0 Å². The molecule has 1 unspecified atom stereocenters. The molecular formula is C20H41Br. The van der Waals surface area contributed by atoms with Gasteiger partial charge in [0.2, 0.25) is 0 Å². The Kier molecular flexibility index (Phi) is 19.0. The highest BCUT2D eigenvalue weighted by atomic mass is 79.9. The zero-order chi connectivity index (χ0) is 15.6. The molecule has 0 heterocycles. The lowest BCUT2D eigenvalue weighted by Gasteiger charge is -2.09. The van der Waals surface area contributed by atoms with Gasteiger partial charge in [0.1, 0.15) is 0 Å². The molecule has 0 spiro atoms. The van der Waals surface area contributed by atoms with E-state index in [1.807, 2.05) is 0 Å². The molecule has 0 aliphatic rings. The predicted molar refractivity (Wildman–Crippen MR) is 103 cm³/mol. The Balaban J connectivity index is 3.07. The second-order valence-electron chi connectivity index (χ2n) is 6.77. The van der Waals surface area contributed by atoms with Crippen LogP contribution in [-0.4, -0.2) is 4.83 Å². The highest BCUT2D eigenvalue weighted by Gasteiger charge is 2.03. The van der Waals surface area contributed by atoms with E-state index in [2.05, 4.69) is 29.8 Å². The molecule has 0 saturated carbocycles. The van der Waals surface area contributed by atoms with E-state index in [1.165, 1.54) is 109 Å². The SMILES string of the molecule is CCCCCCCCCCCCCC(Br)CCCCCC. The Labute approximate surface area is 144 Å². The first-order valence-electron chi connectivity index (χ1n) is 9.95. The molecule has 0 bridgehead atoms. The maximum absolute atomic E-state index is 3.85. The van der Waals surface area contributed by atoms with Crippen LogP contribution in [0.1, 0.15) is 123 Å². The van der Waals surface area contributed by atoms with Gasteiger partial charge in [-0.05, 0) is 12.8 Å². The van der Waals surface area contributed by atoms with Crippen molar-refractivity contribution in [2.75, 3.05) is 0 Å². The minimum absolute atomic E-state index is 0.785. The summed E-state index contributed by atoms with van der Waals surface area (Å²) in [5.74, 6) is 0. The van der Waals surface area contributed by atoms with E-state index < -0.39 is 0 Å². The lowest BCUT2D eigenvalue weighted by molar-refractivity contribution is 0.533. The van der Waals surface area contributed by atoms with E-state index in [0.717, 1.165) is 4.83 Å². The van der Waals surface area contributed by atoms with E-state index >= 15 is 0 Å². The smallest absolute Gasteiger partial charge is 0.0145 e. The summed E-state index contributed by atoms with van der Waals surface area (Å²) in [6.07, 6.45) is 24.4. The van der Waals surface area contributed by atoms with Crippen LogP contribution in [0.5, 0.6) is 0 Å². The molecule has 128 valence electrons. The Hall–Kier alpha value is 0.480. The van der Waals surface area contributed by atoms with Crippen LogP contribution in [0.4, 0.5) is 0 Å². The summed E-state index contributed by atoms with van der Waals surface area (Å²) in [6.45, 7) is 4.58. The molecular weight excluding hydrogens is 320 g/mol. The van der Waals surface area contributed by atoms with Gasteiger partial charge >= 0.3 is 0 Å². The van der Waals surface area contributed by atoms with E-state index in [4.69, 9.17) is 0 Å². The summed E-state index contributed by atoms with van der Waals surface area (Å²) in [4.78, 5) is 0.785. The Morgan fingerprint density at radius 1 is 0.476 bits per heavy atom. The van der Waals surface area contributed by atoms with Gasteiger partial charge in [0.05, 0.1) is 0 Å². The summed E-state index contributed by atoms with van der Waals surface area (Å²) < 4.78 is 0. The molecule has 0 saturated heterocycles. The molecule has 0 N–H and O–H groups in total. The van der Waals surface area contributed by atoms with Gasteiger partial charge < -0.3 is 0 Å². The molecule has 0 rings (SSSR count). The van der Waals surface area contributed by atoms with Gasteiger partial charge in [-0.15, -0.1) is 0 Å². The summed E-state index contributed by atoms with van der Waals surface area (Å²) >= 11 is 3.85. The van der Waals surface area contributed by atoms with Crippen molar-refractivity contribution >= 4 is 15.9 Å². The third-order valence-electron chi connectivity index (χ3n) is 4.49. The Bertz CT molecular complexity index is 179. The van der Waals surface area contributed by atoms with Crippen molar-refractivity contribution in [2.45, 2.75) is 128 Å². The molecule has 0 nitrogen and oxygen atoms in total. The number of hydrogen-bond donors (Lipinski definition) is 0. The molecule has 0 aromatic heterocycles. The largest absolute Gasteiger partial charge is 0.0891 e. The van der Waals surface area contributed by atoms with Gasteiger partial charge in [-0.1, -0.05) is 126 Å². The van der Waals surface area contributed by atoms with Crippen molar-refractivity contribution < 1.29 is 0 Å². The molecule has 0 aliphatic heterocycles. The van der Waals surface area contributed by atoms with Gasteiger partial charge in [0.25, 0.3) is 0 Å². The second kappa shape index (κ2) is 18.5. The average molecular weight is 361 g/mol. The maximum atomic E-state index is 3.85. The third-order valence-corrected chi connectivity index (χ3v) is 5.41. The van der Waals surface area contributed by atoms with Gasteiger partial charge in [-0.2, -0.15) is 0 Å². The van der Waals surface area contributed by atoms with Crippen molar-refractivity contribution in [3.63, 3.8) is 0 Å². The van der Waals surface area contributed by atoms with Crippen LogP contribution in [0.15, 0.2) is 0 Å². The number of unbranched alkanes of at least 4 members (excludes halogenated alkanes) is 13. The molecule has 0 radical (unpaired) electrons. The molecule has 0 amide bonds. The first-order valence-corrected chi connectivity index (χ1v) is 10.9. The highest BCUT2D eigenvalue weighted by Crippen LogP contribution is 2.19. The molecule has 1 heteroatoms. The fourth-order valence-corrected chi connectivity index (χ4v) is 3.61. The van der Waals surface area contributed by atoms with Crippen LogP contribution < -0.4 is 0 Å². The highest BCUT2D eigenvalue weighted by molar-refractivity contribution is 9.09. The molecule has 0 aliphatic carbocycles. The standard InChI is InChI=1S/C20H41Br/c1-3-5-7-9-10-11-12-13-14-15-17-19-20(21)18-16-8-6-4-2/h20H,3-19H2,1-2H3. The van der Waals surface area contributed by atoms with Crippen molar-refractivity contribution in [3.8, 4) is 0 Å². The lowest BCUT2D eigenvalue weighted by Crippen LogP contribution is -1.97. The summed E-state index contributed by atoms with van der Waals surface area (Å²) in [5.41, 5.74) is 0. The van der Waals surface area contributed by atoms with Crippen molar-refractivity contribution in [1.29, 1.82) is 0 Å². The van der Waals surface area contributed by atoms with Crippen molar-refractivity contribution in [2.24, 2.45) is 0 Å². The minimum Gasteiger partial charge on any atom is -0.0891 e. The molecule has 0 aromatic rings. The minimum atomic E-state index is 0.785. The number of hydrogen-bond acceptors (Lipinski definition) is 0. The quantitative estimate of drug-likeness (QED) is 0.180. The van der Waals surface area contributed by atoms with Crippen LogP contribution >= 0.6 is 15.9 Å². The van der Waals surface area contributed by atoms with E-state index in [9.17, 15) is 0 Å². The monoisotopic (exact) mass is 360 g/mol. The van der Waals surface area contributed by atoms with E-state index in [0.29, 0.717) is 0 Å². The first kappa shape index (κ1) is 21.5. The number of alkyl halides is 1. The van der Waals surface area contributed by atoms with Crippen molar-refractivity contribution in [1.82, 2.24) is 0 Å². The average Bonchev–Trinajstić information content (AvgIpc) is 2.49. The molecule has 0 aromatic carbocycles. The van der Waals surface area contributed by atoms with Crippen LogP contribution in [0, 0.1) is 0 Å². The zero-order valence-electron chi connectivity index (χ0n) is 15.0. The number of rotatable bonds is 17. The summed E-state index contributed by atoms with van der Waals surface area (Å²) in [6, 6.07) is 0. The molecule has 21 heavy (non-hydrogen) atoms. The van der Waals surface area contributed by atoms with Crippen LogP contribution in [0.3, 0.4) is 0 Å². The lowest BCUT2D eigenvalue weighted by atomic mass is 10.0. The normalized spacial score (nSPS) is 12.7. The summed E-state index contributed by atoms with van der Waals surface area (Å²) in [7, 11) is 0. The summed E-state index contributed by atoms with van der Waals surface area (Å²) in [5, 5.41) is 0. The molecule has 0 fully saturated rings. The van der Waals surface area contributed by atoms with Gasteiger partial charge in [0.15, 0.2) is 0 Å².